The number of ether oxygens (including phenoxy) is 2. The molecule has 1 aliphatic heterocycles. The van der Waals surface area contributed by atoms with E-state index >= 15 is 0 Å². The molecule has 3 heteroatoms. The van der Waals surface area contributed by atoms with E-state index in [0.717, 1.165) is 19.6 Å². The van der Waals surface area contributed by atoms with Crippen LogP contribution in [0, 0.1) is 12.3 Å². The SMILES string of the molecule is C#CCN(C)CC1CCOCO1. The summed E-state index contributed by atoms with van der Waals surface area (Å²) in [5.41, 5.74) is 0. The van der Waals surface area contributed by atoms with Crippen LogP contribution in [0.5, 0.6) is 0 Å². The van der Waals surface area contributed by atoms with Crippen molar-refractivity contribution >= 4 is 0 Å². The van der Waals surface area contributed by atoms with Crippen molar-refractivity contribution in [1.82, 2.24) is 4.90 Å². The summed E-state index contributed by atoms with van der Waals surface area (Å²) in [6.45, 7) is 2.80. The van der Waals surface area contributed by atoms with Crippen LogP contribution in [0.1, 0.15) is 6.42 Å². The summed E-state index contributed by atoms with van der Waals surface area (Å²) >= 11 is 0. The molecule has 68 valence electrons. The average molecular weight is 169 g/mol. The zero-order chi connectivity index (χ0) is 8.81. The Morgan fingerprint density at radius 3 is 3.08 bits per heavy atom. The Balaban J connectivity index is 2.16. The van der Waals surface area contributed by atoms with Crippen LogP contribution in [0.25, 0.3) is 0 Å². The Kier molecular flexibility index (Phi) is 4.09. The maximum absolute atomic E-state index is 5.36. The van der Waals surface area contributed by atoms with Gasteiger partial charge in [-0.2, -0.15) is 0 Å². The van der Waals surface area contributed by atoms with Crippen LogP contribution in [0.2, 0.25) is 0 Å². The molecule has 1 fully saturated rings. The Hall–Kier alpha value is -0.560. The van der Waals surface area contributed by atoms with E-state index in [1.165, 1.54) is 0 Å². The molecule has 1 unspecified atom stereocenters. The molecule has 0 saturated carbocycles. The van der Waals surface area contributed by atoms with E-state index in [0.29, 0.717) is 13.3 Å². The molecule has 12 heavy (non-hydrogen) atoms. The highest BCUT2D eigenvalue weighted by atomic mass is 16.7. The first-order chi connectivity index (χ1) is 5.83. The van der Waals surface area contributed by atoms with Crippen molar-refractivity contribution in [1.29, 1.82) is 0 Å². The molecular weight excluding hydrogens is 154 g/mol. The second-order valence-electron chi connectivity index (χ2n) is 3.00. The van der Waals surface area contributed by atoms with Gasteiger partial charge >= 0.3 is 0 Å². The molecule has 1 rings (SSSR count). The summed E-state index contributed by atoms with van der Waals surface area (Å²) in [5.74, 6) is 2.60. The second-order valence-corrected chi connectivity index (χ2v) is 3.00. The fraction of sp³-hybridized carbons (Fsp3) is 0.778. The molecule has 0 aromatic carbocycles. The van der Waals surface area contributed by atoms with Crippen molar-refractivity contribution in [2.24, 2.45) is 0 Å². The maximum Gasteiger partial charge on any atom is 0.147 e. The van der Waals surface area contributed by atoms with Crippen molar-refractivity contribution < 1.29 is 9.47 Å². The van der Waals surface area contributed by atoms with Gasteiger partial charge in [-0.1, -0.05) is 5.92 Å². The molecule has 0 spiro atoms. The summed E-state index contributed by atoms with van der Waals surface area (Å²) < 4.78 is 10.4. The Bertz CT molecular complexity index is 158. The molecule has 1 saturated heterocycles. The van der Waals surface area contributed by atoms with Gasteiger partial charge in [0.05, 0.1) is 19.3 Å². The van der Waals surface area contributed by atoms with E-state index in [1.54, 1.807) is 0 Å². The molecule has 0 aromatic heterocycles. The predicted molar refractivity (Wildman–Crippen MR) is 46.6 cm³/mol. The van der Waals surface area contributed by atoms with Crippen molar-refractivity contribution in [3.63, 3.8) is 0 Å². The lowest BCUT2D eigenvalue weighted by molar-refractivity contribution is -0.142. The van der Waals surface area contributed by atoms with Crippen LogP contribution >= 0.6 is 0 Å². The van der Waals surface area contributed by atoms with Crippen LogP contribution < -0.4 is 0 Å². The lowest BCUT2D eigenvalue weighted by atomic mass is 10.2. The first-order valence-electron chi connectivity index (χ1n) is 4.14. The number of likely N-dealkylation sites (N-methyl/N-ethyl adjacent to an activating group) is 1. The fourth-order valence-electron chi connectivity index (χ4n) is 1.21. The highest BCUT2D eigenvalue weighted by Gasteiger charge is 2.15. The van der Waals surface area contributed by atoms with Crippen molar-refractivity contribution in [2.75, 3.05) is 33.5 Å². The van der Waals surface area contributed by atoms with Gasteiger partial charge in [0.15, 0.2) is 0 Å². The van der Waals surface area contributed by atoms with Crippen LogP contribution in [0.4, 0.5) is 0 Å². The van der Waals surface area contributed by atoms with Crippen molar-refractivity contribution in [3.8, 4) is 12.3 Å². The van der Waals surface area contributed by atoms with E-state index in [1.807, 2.05) is 7.05 Å². The third-order valence-corrected chi connectivity index (χ3v) is 1.85. The second kappa shape index (κ2) is 5.15. The first-order valence-corrected chi connectivity index (χ1v) is 4.14. The minimum Gasteiger partial charge on any atom is -0.355 e. The molecular formula is C9H15NO2. The third kappa shape index (κ3) is 3.22. The van der Waals surface area contributed by atoms with Crippen LogP contribution in [-0.4, -0.2) is 44.5 Å². The zero-order valence-electron chi connectivity index (χ0n) is 7.45. The number of nitrogens with zero attached hydrogens (tertiary/aromatic N) is 1. The van der Waals surface area contributed by atoms with Crippen molar-refractivity contribution in [3.05, 3.63) is 0 Å². The standard InChI is InChI=1S/C9H15NO2/c1-3-5-10(2)7-9-4-6-11-8-12-9/h1,9H,4-8H2,2H3. The normalized spacial score (nSPS) is 23.9. The molecule has 0 amide bonds. The van der Waals surface area contributed by atoms with E-state index in [-0.39, 0.29) is 6.10 Å². The Morgan fingerprint density at radius 1 is 1.67 bits per heavy atom. The van der Waals surface area contributed by atoms with Gasteiger partial charge in [0, 0.05) is 6.54 Å². The maximum atomic E-state index is 5.36. The summed E-state index contributed by atoms with van der Waals surface area (Å²) in [7, 11) is 2.00. The molecule has 1 atom stereocenters. The van der Waals surface area contributed by atoms with E-state index in [9.17, 15) is 0 Å². The molecule has 0 aliphatic carbocycles. The number of hydrogen-bond donors (Lipinski definition) is 0. The van der Waals surface area contributed by atoms with Crippen LogP contribution in [-0.2, 0) is 9.47 Å². The van der Waals surface area contributed by atoms with Gasteiger partial charge in [0.1, 0.15) is 6.79 Å². The molecule has 0 bridgehead atoms. The number of terminal acetylenes is 1. The lowest BCUT2D eigenvalue weighted by Gasteiger charge is -2.26. The molecule has 1 heterocycles. The van der Waals surface area contributed by atoms with E-state index in [2.05, 4.69) is 10.8 Å². The third-order valence-electron chi connectivity index (χ3n) is 1.85. The minimum atomic E-state index is 0.289. The van der Waals surface area contributed by atoms with Gasteiger partial charge < -0.3 is 9.47 Å². The fourth-order valence-corrected chi connectivity index (χ4v) is 1.21. The Labute approximate surface area is 73.6 Å². The Morgan fingerprint density at radius 2 is 2.50 bits per heavy atom. The van der Waals surface area contributed by atoms with Gasteiger partial charge in [-0.3, -0.25) is 4.90 Å². The van der Waals surface area contributed by atoms with Gasteiger partial charge in [0.2, 0.25) is 0 Å². The van der Waals surface area contributed by atoms with Gasteiger partial charge in [-0.25, -0.2) is 0 Å². The molecule has 0 radical (unpaired) electrons. The molecule has 3 nitrogen and oxygen atoms in total. The summed E-state index contributed by atoms with van der Waals surface area (Å²) in [5, 5.41) is 0. The molecule has 0 N–H and O–H groups in total. The first kappa shape index (κ1) is 9.53. The van der Waals surface area contributed by atoms with E-state index in [4.69, 9.17) is 15.9 Å². The lowest BCUT2D eigenvalue weighted by Crippen LogP contribution is -2.35. The zero-order valence-corrected chi connectivity index (χ0v) is 7.45. The molecule has 0 aromatic rings. The quantitative estimate of drug-likeness (QED) is 0.568. The summed E-state index contributed by atoms with van der Waals surface area (Å²) in [6.07, 6.45) is 6.43. The highest BCUT2D eigenvalue weighted by molar-refractivity contribution is 4.87. The van der Waals surface area contributed by atoms with Gasteiger partial charge in [-0.05, 0) is 13.5 Å². The monoisotopic (exact) mass is 169 g/mol. The van der Waals surface area contributed by atoms with Gasteiger partial charge in [-0.15, -0.1) is 6.42 Å². The highest BCUT2D eigenvalue weighted by Crippen LogP contribution is 2.06. The topological polar surface area (TPSA) is 21.7 Å². The summed E-state index contributed by atoms with van der Waals surface area (Å²) in [6, 6.07) is 0. The van der Waals surface area contributed by atoms with Gasteiger partial charge in [0.25, 0.3) is 0 Å². The van der Waals surface area contributed by atoms with E-state index < -0.39 is 0 Å². The molecule has 1 aliphatic rings. The number of hydrogen-bond acceptors (Lipinski definition) is 3. The van der Waals surface area contributed by atoms with Crippen LogP contribution in [0.15, 0.2) is 0 Å². The largest absolute Gasteiger partial charge is 0.355 e. The number of rotatable bonds is 3. The smallest absolute Gasteiger partial charge is 0.147 e. The van der Waals surface area contributed by atoms with Crippen molar-refractivity contribution in [2.45, 2.75) is 12.5 Å². The minimum absolute atomic E-state index is 0.289. The summed E-state index contributed by atoms with van der Waals surface area (Å²) in [4.78, 5) is 2.08. The predicted octanol–water partition coefficient (Wildman–Crippen LogP) is 0.314. The average Bonchev–Trinajstić information content (AvgIpc) is 2.06. The van der Waals surface area contributed by atoms with Crippen LogP contribution in [0.3, 0.4) is 0 Å².